The number of ether oxygens (including phenoxy) is 1. The molecule has 2 N–H and O–H groups in total. The molecule has 4 heterocycles. The highest BCUT2D eigenvalue weighted by atomic mass is 16.5. The predicted octanol–water partition coefficient (Wildman–Crippen LogP) is 0.748. The van der Waals surface area contributed by atoms with Crippen LogP contribution in [0.4, 0.5) is 11.6 Å². The van der Waals surface area contributed by atoms with E-state index in [2.05, 4.69) is 40.6 Å². The lowest BCUT2D eigenvalue weighted by Crippen LogP contribution is -2.37. The molecule has 0 aromatic carbocycles. The van der Waals surface area contributed by atoms with Gasteiger partial charge in [-0.15, -0.1) is 0 Å². The molecule has 1 saturated heterocycles. The number of carbonyl (C=O) groups is 1. The molecule has 0 bridgehead atoms. The molecule has 11 nitrogen and oxygen atoms in total. The second-order valence-electron chi connectivity index (χ2n) is 7.05. The van der Waals surface area contributed by atoms with Crippen molar-refractivity contribution in [3.63, 3.8) is 0 Å². The predicted molar refractivity (Wildman–Crippen MR) is 115 cm³/mol. The smallest absolute Gasteiger partial charge is 0.270 e. The highest BCUT2D eigenvalue weighted by molar-refractivity contribution is 5.92. The van der Waals surface area contributed by atoms with Gasteiger partial charge in [-0.2, -0.15) is 5.10 Å². The fourth-order valence-electron chi connectivity index (χ4n) is 3.24. The van der Waals surface area contributed by atoms with Gasteiger partial charge in [0.25, 0.3) is 5.91 Å². The van der Waals surface area contributed by atoms with Gasteiger partial charge in [0.2, 0.25) is 0 Å². The Kier molecular flexibility index (Phi) is 6.32. The number of aryl methyl sites for hydroxylation is 2. The number of anilines is 2. The van der Waals surface area contributed by atoms with Crippen LogP contribution in [0.2, 0.25) is 0 Å². The second kappa shape index (κ2) is 9.47. The van der Waals surface area contributed by atoms with Gasteiger partial charge in [-0.05, 0) is 19.9 Å². The first-order valence-electron chi connectivity index (χ1n) is 10.1. The van der Waals surface area contributed by atoms with Crippen molar-refractivity contribution in [2.45, 2.75) is 13.8 Å². The van der Waals surface area contributed by atoms with Crippen LogP contribution in [0.25, 0.3) is 5.82 Å². The lowest BCUT2D eigenvalue weighted by molar-refractivity contribution is 0.0949. The summed E-state index contributed by atoms with van der Waals surface area (Å²) in [6.45, 7) is 7.55. The minimum atomic E-state index is -0.270. The van der Waals surface area contributed by atoms with Crippen molar-refractivity contribution in [2.75, 3.05) is 49.6 Å². The van der Waals surface area contributed by atoms with Gasteiger partial charge >= 0.3 is 0 Å². The maximum absolute atomic E-state index is 12.5. The van der Waals surface area contributed by atoms with E-state index in [-0.39, 0.29) is 5.91 Å². The van der Waals surface area contributed by atoms with Crippen molar-refractivity contribution < 1.29 is 9.53 Å². The van der Waals surface area contributed by atoms with Crippen LogP contribution in [0.5, 0.6) is 0 Å². The van der Waals surface area contributed by atoms with E-state index in [0.29, 0.717) is 49.5 Å². The molecular formula is C20H25N9O2. The van der Waals surface area contributed by atoms with Gasteiger partial charge in [0.1, 0.15) is 29.0 Å². The van der Waals surface area contributed by atoms with Crippen LogP contribution in [0, 0.1) is 13.8 Å². The van der Waals surface area contributed by atoms with Crippen molar-refractivity contribution in [3.8, 4) is 5.82 Å². The molecule has 31 heavy (non-hydrogen) atoms. The fourth-order valence-corrected chi connectivity index (χ4v) is 3.24. The van der Waals surface area contributed by atoms with Crippen LogP contribution in [-0.2, 0) is 4.74 Å². The first-order chi connectivity index (χ1) is 15.1. The number of hydrogen-bond acceptors (Lipinski definition) is 9. The monoisotopic (exact) mass is 423 g/mol. The average molecular weight is 423 g/mol. The van der Waals surface area contributed by atoms with Crippen LogP contribution in [0.1, 0.15) is 22.1 Å². The van der Waals surface area contributed by atoms with Crippen molar-refractivity contribution in [2.24, 2.45) is 0 Å². The summed E-state index contributed by atoms with van der Waals surface area (Å²) in [7, 11) is 0. The lowest BCUT2D eigenvalue weighted by atomic mass is 10.3. The molecule has 0 atom stereocenters. The second-order valence-corrected chi connectivity index (χ2v) is 7.05. The Bertz CT molecular complexity index is 1030. The van der Waals surface area contributed by atoms with Crippen LogP contribution in [0.3, 0.4) is 0 Å². The molecule has 4 rings (SSSR count). The number of amides is 1. The Balaban J connectivity index is 1.33. The first kappa shape index (κ1) is 20.7. The van der Waals surface area contributed by atoms with Gasteiger partial charge in [0, 0.05) is 50.7 Å². The maximum atomic E-state index is 12.5. The summed E-state index contributed by atoms with van der Waals surface area (Å²) in [6.07, 6.45) is 3.42. The van der Waals surface area contributed by atoms with Gasteiger partial charge in [0.05, 0.1) is 13.2 Å². The molecule has 0 spiro atoms. The Morgan fingerprint density at radius 1 is 1.03 bits per heavy atom. The molecule has 3 aromatic heterocycles. The lowest BCUT2D eigenvalue weighted by Gasteiger charge is -2.28. The largest absolute Gasteiger partial charge is 0.378 e. The summed E-state index contributed by atoms with van der Waals surface area (Å²) >= 11 is 0. The zero-order chi connectivity index (χ0) is 21.6. The van der Waals surface area contributed by atoms with Crippen molar-refractivity contribution >= 4 is 17.5 Å². The highest BCUT2D eigenvalue weighted by Gasteiger charge is 2.14. The molecule has 0 saturated carbocycles. The first-order valence-corrected chi connectivity index (χ1v) is 10.1. The normalized spacial score (nSPS) is 13.8. The summed E-state index contributed by atoms with van der Waals surface area (Å²) < 4.78 is 6.99. The van der Waals surface area contributed by atoms with E-state index in [0.717, 1.165) is 24.7 Å². The topological polar surface area (TPSA) is 123 Å². The number of hydrogen-bond donors (Lipinski definition) is 2. The Morgan fingerprint density at radius 3 is 2.58 bits per heavy atom. The summed E-state index contributed by atoms with van der Waals surface area (Å²) in [4.78, 5) is 32.2. The third-order valence-corrected chi connectivity index (χ3v) is 4.67. The molecule has 3 aromatic rings. The Hall–Kier alpha value is -3.60. The molecule has 1 fully saturated rings. The molecule has 1 amide bonds. The van der Waals surface area contributed by atoms with Gasteiger partial charge in [-0.1, -0.05) is 0 Å². The number of nitrogens with zero attached hydrogens (tertiary/aromatic N) is 7. The average Bonchev–Trinajstić information content (AvgIpc) is 3.31. The van der Waals surface area contributed by atoms with Crippen molar-refractivity contribution in [1.29, 1.82) is 0 Å². The van der Waals surface area contributed by atoms with E-state index in [4.69, 9.17) is 4.74 Å². The third-order valence-electron chi connectivity index (χ3n) is 4.67. The molecule has 1 aliphatic rings. The highest BCUT2D eigenvalue weighted by Crippen LogP contribution is 2.17. The molecule has 11 heteroatoms. The van der Waals surface area contributed by atoms with E-state index < -0.39 is 0 Å². The molecule has 1 aliphatic heterocycles. The van der Waals surface area contributed by atoms with E-state index in [1.54, 1.807) is 36.1 Å². The zero-order valence-corrected chi connectivity index (χ0v) is 17.6. The third kappa shape index (κ3) is 5.31. The van der Waals surface area contributed by atoms with Crippen molar-refractivity contribution in [1.82, 2.24) is 35.0 Å². The van der Waals surface area contributed by atoms with E-state index >= 15 is 0 Å². The molecule has 0 unspecified atom stereocenters. The zero-order valence-electron chi connectivity index (χ0n) is 17.6. The van der Waals surface area contributed by atoms with E-state index in [1.165, 1.54) is 0 Å². The number of carbonyl (C=O) groups excluding carboxylic acids is 1. The summed E-state index contributed by atoms with van der Waals surface area (Å²) in [5.41, 5.74) is 0.297. The maximum Gasteiger partial charge on any atom is 0.270 e. The summed E-state index contributed by atoms with van der Waals surface area (Å²) in [5, 5.41) is 10.3. The molecule has 0 radical (unpaired) electrons. The van der Waals surface area contributed by atoms with Gasteiger partial charge in [0.15, 0.2) is 5.82 Å². The van der Waals surface area contributed by atoms with Gasteiger partial charge in [-0.3, -0.25) is 4.79 Å². The summed E-state index contributed by atoms with van der Waals surface area (Å²) in [6, 6.07) is 5.33. The van der Waals surface area contributed by atoms with Crippen LogP contribution < -0.4 is 15.5 Å². The van der Waals surface area contributed by atoms with Gasteiger partial charge in [-0.25, -0.2) is 24.6 Å². The van der Waals surface area contributed by atoms with Crippen LogP contribution in [0.15, 0.2) is 30.6 Å². The molecular weight excluding hydrogens is 398 g/mol. The Morgan fingerprint density at radius 2 is 1.81 bits per heavy atom. The van der Waals surface area contributed by atoms with E-state index in [9.17, 15) is 4.79 Å². The van der Waals surface area contributed by atoms with E-state index in [1.807, 2.05) is 13.0 Å². The van der Waals surface area contributed by atoms with Crippen LogP contribution in [-0.4, -0.2) is 75.0 Å². The van der Waals surface area contributed by atoms with Crippen molar-refractivity contribution in [3.05, 3.63) is 47.9 Å². The Labute approximate surface area is 179 Å². The number of morpholine rings is 1. The minimum absolute atomic E-state index is 0.270. The summed E-state index contributed by atoms with van der Waals surface area (Å²) in [5.74, 6) is 3.08. The standard InChI is InChI=1S/C20H25N9O2/c1-14-24-16(12-19(27-14)29-7-3-4-23-29)20(30)22-6-5-21-17-13-18(26-15(2)25-17)28-8-10-31-11-9-28/h3-4,7,12-13H,5-6,8-11H2,1-2H3,(H,22,30)(H,21,25,26). The SMILES string of the molecule is Cc1nc(NCCNC(=O)c2cc(-n3cccn3)nc(C)n2)cc(N2CCOCC2)n1. The minimum Gasteiger partial charge on any atom is -0.378 e. The van der Waals surface area contributed by atoms with Crippen LogP contribution >= 0.6 is 0 Å². The van der Waals surface area contributed by atoms with Gasteiger partial charge < -0.3 is 20.3 Å². The molecule has 162 valence electrons. The molecule has 0 aliphatic carbocycles. The fraction of sp³-hybridized carbons (Fsp3) is 0.400. The number of nitrogens with one attached hydrogen (secondary N) is 2. The number of aromatic nitrogens is 6. The number of rotatable bonds is 7. The quantitative estimate of drug-likeness (QED) is 0.530.